The predicted molar refractivity (Wildman–Crippen MR) is 103 cm³/mol. The highest BCUT2D eigenvalue weighted by Crippen LogP contribution is 2.24. The number of piperidine rings is 1. The van der Waals surface area contributed by atoms with Gasteiger partial charge in [-0.25, -0.2) is 0 Å². The van der Waals surface area contributed by atoms with E-state index in [9.17, 15) is 22.8 Å². The first-order valence-corrected chi connectivity index (χ1v) is 9.58. The third kappa shape index (κ3) is 5.79. The summed E-state index contributed by atoms with van der Waals surface area (Å²) in [6, 6.07) is 12.0. The van der Waals surface area contributed by atoms with Crippen LogP contribution in [0.25, 0.3) is 11.3 Å². The summed E-state index contributed by atoms with van der Waals surface area (Å²) in [4.78, 5) is 30.7. The SMILES string of the molecule is C[C@@H](NC(=O)c1ccc(-c2ccccc2)nc1)C(=O)N1CCC(OC(F)(F)F)CC1. The van der Waals surface area contributed by atoms with Crippen LogP contribution in [0.15, 0.2) is 48.7 Å². The van der Waals surface area contributed by atoms with E-state index >= 15 is 0 Å². The Bertz CT molecular complexity index is 865. The van der Waals surface area contributed by atoms with Gasteiger partial charge in [0, 0.05) is 24.8 Å². The number of hydrogen-bond donors (Lipinski definition) is 1. The van der Waals surface area contributed by atoms with Gasteiger partial charge in [0.15, 0.2) is 0 Å². The second-order valence-corrected chi connectivity index (χ2v) is 7.08. The Kier molecular flexibility index (Phi) is 6.71. The lowest BCUT2D eigenvalue weighted by Crippen LogP contribution is -2.50. The van der Waals surface area contributed by atoms with Gasteiger partial charge in [-0.3, -0.25) is 19.3 Å². The molecule has 30 heavy (non-hydrogen) atoms. The smallest absolute Gasteiger partial charge is 0.341 e. The van der Waals surface area contributed by atoms with E-state index in [1.54, 1.807) is 19.1 Å². The molecule has 2 heterocycles. The molecule has 1 aliphatic heterocycles. The molecule has 0 spiro atoms. The van der Waals surface area contributed by atoms with E-state index in [-0.39, 0.29) is 31.8 Å². The van der Waals surface area contributed by atoms with E-state index in [4.69, 9.17) is 0 Å². The average molecular weight is 421 g/mol. The molecule has 3 rings (SSSR count). The topological polar surface area (TPSA) is 71.5 Å². The normalized spacial score (nSPS) is 16.2. The van der Waals surface area contributed by atoms with Gasteiger partial charge in [0.1, 0.15) is 6.04 Å². The number of benzene rings is 1. The van der Waals surface area contributed by atoms with Crippen molar-refractivity contribution in [2.24, 2.45) is 0 Å². The summed E-state index contributed by atoms with van der Waals surface area (Å²) in [7, 11) is 0. The Morgan fingerprint density at radius 1 is 1.13 bits per heavy atom. The van der Waals surface area contributed by atoms with Gasteiger partial charge in [0.05, 0.1) is 17.4 Å². The molecule has 1 atom stereocenters. The minimum Gasteiger partial charge on any atom is -0.341 e. The van der Waals surface area contributed by atoms with Crippen molar-refractivity contribution in [2.45, 2.75) is 38.3 Å². The number of carbonyl (C=O) groups excluding carboxylic acids is 2. The highest BCUT2D eigenvalue weighted by atomic mass is 19.4. The van der Waals surface area contributed by atoms with Gasteiger partial charge in [0.2, 0.25) is 5.91 Å². The van der Waals surface area contributed by atoms with Gasteiger partial charge >= 0.3 is 6.36 Å². The van der Waals surface area contributed by atoms with Gasteiger partial charge in [0.25, 0.3) is 5.91 Å². The van der Waals surface area contributed by atoms with Crippen molar-refractivity contribution in [1.82, 2.24) is 15.2 Å². The van der Waals surface area contributed by atoms with Crippen LogP contribution in [-0.2, 0) is 9.53 Å². The summed E-state index contributed by atoms with van der Waals surface area (Å²) in [6.07, 6.45) is -4.00. The Hall–Kier alpha value is -2.94. The van der Waals surface area contributed by atoms with Crippen molar-refractivity contribution in [3.05, 3.63) is 54.2 Å². The summed E-state index contributed by atoms with van der Waals surface area (Å²) < 4.78 is 40.9. The van der Waals surface area contributed by atoms with Crippen LogP contribution in [0.2, 0.25) is 0 Å². The first-order chi connectivity index (χ1) is 14.2. The highest BCUT2D eigenvalue weighted by molar-refractivity contribution is 5.97. The molecule has 0 bridgehead atoms. The number of amides is 2. The van der Waals surface area contributed by atoms with E-state index in [1.807, 2.05) is 30.3 Å². The second kappa shape index (κ2) is 9.25. The van der Waals surface area contributed by atoms with Gasteiger partial charge in [-0.15, -0.1) is 13.2 Å². The van der Waals surface area contributed by atoms with Crippen LogP contribution in [-0.4, -0.2) is 53.3 Å². The number of aromatic nitrogens is 1. The number of alkyl halides is 3. The quantitative estimate of drug-likeness (QED) is 0.804. The molecule has 0 radical (unpaired) electrons. The molecule has 0 saturated carbocycles. The zero-order valence-corrected chi connectivity index (χ0v) is 16.4. The maximum Gasteiger partial charge on any atom is 0.522 e. The number of ether oxygens (including phenoxy) is 1. The summed E-state index contributed by atoms with van der Waals surface area (Å²) >= 11 is 0. The zero-order chi connectivity index (χ0) is 21.7. The largest absolute Gasteiger partial charge is 0.522 e. The molecular formula is C21H22F3N3O3. The molecule has 160 valence electrons. The van der Waals surface area contributed by atoms with Crippen molar-refractivity contribution >= 4 is 11.8 Å². The molecule has 1 aromatic carbocycles. The lowest BCUT2D eigenvalue weighted by Gasteiger charge is -2.33. The Balaban J connectivity index is 1.52. The number of halogens is 3. The van der Waals surface area contributed by atoms with Gasteiger partial charge in [-0.05, 0) is 31.9 Å². The number of nitrogens with zero attached hydrogens (tertiary/aromatic N) is 2. The van der Waals surface area contributed by atoms with Crippen LogP contribution in [0, 0.1) is 0 Å². The van der Waals surface area contributed by atoms with Crippen LogP contribution < -0.4 is 5.32 Å². The lowest BCUT2D eigenvalue weighted by molar-refractivity contribution is -0.345. The number of carbonyl (C=O) groups is 2. The van der Waals surface area contributed by atoms with Crippen LogP contribution in [0.4, 0.5) is 13.2 Å². The monoisotopic (exact) mass is 421 g/mol. The molecular weight excluding hydrogens is 399 g/mol. The fourth-order valence-electron chi connectivity index (χ4n) is 3.31. The molecule has 6 nitrogen and oxygen atoms in total. The fraction of sp³-hybridized carbons (Fsp3) is 0.381. The predicted octanol–water partition coefficient (Wildman–Crippen LogP) is 3.39. The number of hydrogen-bond acceptors (Lipinski definition) is 4. The molecule has 1 saturated heterocycles. The van der Waals surface area contributed by atoms with Crippen molar-refractivity contribution < 1.29 is 27.5 Å². The molecule has 1 N–H and O–H groups in total. The van der Waals surface area contributed by atoms with E-state index in [0.717, 1.165) is 11.3 Å². The fourth-order valence-corrected chi connectivity index (χ4v) is 3.31. The van der Waals surface area contributed by atoms with E-state index in [0.29, 0.717) is 5.56 Å². The second-order valence-electron chi connectivity index (χ2n) is 7.08. The standard InChI is InChI=1S/C21H22F3N3O3/c1-14(20(29)27-11-9-17(10-12-27)30-21(22,23)24)26-19(28)16-7-8-18(25-13-16)15-5-3-2-4-6-15/h2-8,13-14,17H,9-12H2,1H3,(H,26,28)/t14-/m1/s1. The summed E-state index contributed by atoms with van der Waals surface area (Å²) in [5, 5.41) is 2.62. The lowest BCUT2D eigenvalue weighted by atomic mass is 10.1. The maximum absolute atomic E-state index is 12.5. The summed E-state index contributed by atoms with van der Waals surface area (Å²) in [5.41, 5.74) is 1.96. The van der Waals surface area contributed by atoms with Crippen LogP contribution in [0.3, 0.4) is 0 Å². The van der Waals surface area contributed by atoms with Crippen molar-refractivity contribution in [2.75, 3.05) is 13.1 Å². The van der Waals surface area contributed by atoms with Crippen molar-refractivity contribution in [3.63, 3.8) is 0 Å². The van der Waals surface area contributed by atoms with E-state index in [1.165, 1.54) is 11.1 Å². The number of rotatable bonds is 5. The Morgan fingerprint density at radius 3 is 2.37 bits per heavy atom. The molecule has 1 aliphatic rings. The van der Waals surface area contributed by atoms with Gasteiger partial charge in [-0.2, -0.15) is 0 Å². The van der Waals surface area contributed by atoms with Crippen LogP contribution in [0.1, 0.15) is 30.1 Å². The summed E-state index contributed by atoms with van der Waals surface area (Å²) in [6.45, 7) is 1.84. The highest BCUT2D eigenvalue weighted by Gasteiger charge is 2.36. The molecule has 0 unspecified atom stereocenters. The van der Waals surface area contributed by atoms with Crippen molar-refractivity contribution in [1.29, 1.82) is 0 Å². The number of pyridine rings is 1. The zero-order valence-electron chi connectivity index (χ0n) is 16.4. The number of nitrogens with one attached hydrogen (secondary N) is 1. The first kappa shape index (κ1) is 21.8. The molecule has 9 heteroatoms. The Labute approximate surface area is 172 Å². The average Bonchev–Trinajstić information content (AvgIpc) is 2.73. The molecule has 2 amide bonds. The van der Waals surface area contributed by atoms with E-state index < -0.39 is 24.4 Å². The molecule has 0 aliphatic carbocycles. The molecule has 1 aromatic heterocycles. The molecule has 2 aromatic rings. The maximum atomic E-state index is 12.5. The van der Waals surface area contributed by atoms with Crippen molar-refractivity contribution in [3.8, 4) is 11.3 Å². The summed E-state index contributed by atoms with van der Waals surface area (Å²) in [5.74, 6) is -0.791. The van der Waals surface area contributed by atoms with E-state index in [2.05, 4.69) is 15.0 Å². The minimum atomic E-state index is -4.68. The van der Waals surface area contributed by atoms with Gasteiger partial charge in [-0.1, -0.05) is 30.3 Å². The third-order valence-electron chi connectivity index (χ3n) is 4.87. The van der Waals surface area contributed by atoms with Crippen LogP contribution in [0.5, 0.6) is 0 Å². The minimum absolute atomic E-state index is 0.0940. The van der Waals surface area contributed by atoms with Crippen LogP contribution >= 0.6 is 0 Å². The van der Waals surface area contributed by atoms with Gasteiger partial charge < -0.3 is 10.2 Å². The number of likely N-dealkylation sites (tertiary alicyclic amines) is 1. The third-order valence-corrected chi connectivity index (χ3v) is 4.87. The first-order valence-electron chi connectivity index (χ1n) is 9.58. The Morgan fingerprint density at radius 2 is 1.80 bits per heavy atom. The molecule has 1 fully saturated rings.